The number of rotatable bonds is 2. The van der Waals surface area contributed by atoms with Crippen LogP contribution < -0.4 is 5.32 Å². The molecule has 2 aromatic carbocycles. The van der Waals surface area contributed by atoms with Gasteiger partial charge in [-0.3, -0.25) is 4.79 Å². The van der Waals surface area contributed by atoms with Crippen molar-refractivity contribution >= 4 is 12.0 Å². The Bertz CT molecular complexity index is 644. The fourth-order valence-electron chi connectivity index (χ4n) is 2.56. The maximum atomic E-state index is 12.0. The van der Waals surface area contributed by atoms with Crippen LogP contribution in [0.5, 0.6) is 0 Å². The van der Waals surface area contributed by atoms with Crippen LogP contribution in [0, 0.1) is 0 Å². The average Bonchev–Trinajstić information content (AvgIpc) is 2.48. The zero-order valence-electron chi connectivity index (χ0n) is 10.6. The van der Waals surface area contributed by atoms with E-state index in [1.807, 2.05) is 24.3 Å². The van der Waals surface area contributed by atoms with Crippen molar-refractivity contribution in [3.63, 3.8) is 0 Å². The zero-order valence-corrected chi connectivity index (χ0v) is 10.6. The number of nitrogens with one attached hydrogen (secondary N) is 1. The topological polar surface area (TPSA) is 29.1 Å². The summed E-state index contributed by atoms with van der Waals surface area (Å²) in [6.07, 6.45) is 2.66. The highest BCUT2D eigenvalue weighted by Crippen LogP contribution is 2.30. The van der Waals surface area contributed by atoms with Crippen LogP contribution in [-0.4, -0.2) is 12.5 Å². The maximum absolute atomic E-state index is 12.0. The Morgan fingerprint density at radius 1 is 1.11 bits per heavy atom. The molecule has 94 valence electrons. The van der Waals surface area contributed by atoms with Crippen LogP contribution in [0.25, 0.3) is 17.2 Å². The Kier molecular flexibility index (Phi) is 2.92. The van der Waals surface area contributed by atoms with Crippen molar-refractivity contribution in [2.24, 2.45) is 0 Å². The Morgan fingerprint density at radius 2 is 1.84 bits per heavy atom. The summed E-state index contributed by atoms with van der Waals surface area (Å²) in [5, 5.41) is 2.89. The smallest absolute Gasteiger partial charge is 0.251 e. The Balaban J connectivity index is 2.26. The maximum Gasteiger partial charge on any atom is 0.251 e. The molecule has 1 amide bonds. The predicted octanol–water partition coefficient (Wildman–Crippen LogP) is 3.28. The largest absolute Gasteiger partial charge is 0.352 e. The molecule has 2 nitrogen and oxygen atoms in total. The van der Waals surface area contributed by atoms with Crippen molar-refractivity contribution < 1.29 is 4.79 Å². The third-order valence-electron chi connectivity index (χ3n) is 3.50. The molecule has 1 aliphatic rings. The van der Waals surface area contributed by atoms with Gasteiger partial charge in [-0.15, -0.1) is 0 Å². The lowest BCUT2D eigenvalue weighted by atomic mass is 9.89. The van der Waals surface area contributed by atoms with Crippen LogP contribution in [0.4, 0.5) is 0 Å². The van der Waals surface area contributed by atoms with Crippen molar-refractivity contribution in [3.8, 4) is 11.1 Å². The first-order valence-corrected chi connectivity index (χ1v) is 6.42. The Hall–Kier alpha value is -2.35. The number of hydrogen-bond acceptors (Lipinski definition) is 1. The van der Waals surface area contributed by atoms with Crippen molar-refractivity contribution in [1.29, 1.82) is 0 Å². The van der Waals surface area contributed by atoms with E-state index in [1.165, 1.54) is 0 Å². The minimum absolute atomic E-state index is 0.0159. The second-order valence-electron chi connectivity index (χ2n) is 4.67. The first-order valence-electron chi connectivity index (χ1n) is 6.42. The van der Waals surface area contributed by atoms with Gasteiger partial charge in [0.2, 0.25) is 0 Å². The summed E-state index contributed by atoms with van der Waals surface area (Å²) in [6.45, 7) is 4.52. The normalized spacial score (nSPS) is 13.6. The minimum Gasteiger partial charge on any atom is -0.352 e. The lowest BCUT2D eigenvalue weighted by Crippen LogP contribution is -2.32. The summed E-state index contributed by atoms with van der Waals surface area (Å²) in [6, 6.07) is 14.2. The molecular weight excluding hydrogens is 234 g/mol. The van der Waals surface area contributed by atoms with E-state index < -0.39 is 0 Å². The van der Waals surface area contributed by atoms with Gasteiger partial charge in [0, 0.05) is 12.1 Å². The monoisotopic (exact) mass is 249 g/mol. The van der Waals surface area contributed by atoms with Crippen LogP contribution in [0.2, 0.25) is 0 Å². The lowest BCUT2D eigenvalue weighted by Gasteiger charge is -2.21. The highest BCUT2D eigenvalue weighted by atomic mass is 16.1. The molecule has 0 unspecified atom stereocenters. The first-order chi connectivity index (χ1) is 9.29. The molecule has 0 aliphatic carbocycles. The van der Waals surface area contributed by atoms with Crippen LogP contribution in [0.3, 0.4) is 0 Å². The molecule has 2 aromatic rings. The van der Waals surface area contributed by atoms with E-state index in [9.17, 15) is 4.79 Å². The van der Waals surface area contributed by atoms with E-state index in [1.54, 1.807) is 6.08 Å². The molecule has 3 rings (SSSR count). The quantitative estimate of drug-likeness (QED) is 0.869. The van der Waals surface area contributed by atoms with E-state index in [0.29, 0.717) is 6.54 Å². The fourth-order valence-corrected chi connectivity index (χ4v) is 2.56. The molecule has 0 bridgehead atoms. The molecule has 1 aliphatic heterocycles. The van der Waals surface area contributed by atoms with Crippen LogP contribution in [0.1, 0.15) is 21.5 Å². The molecule has 0 saturated heterocycles. The summed E-state index contributed by atoms with van der Waals surface area (Å²) in [7, 11) is 0. The van der Waals surface area contributed by atoms with Gasteiger partial charge in [-0.2, -0.15) is 0 Å². The molecular formula is C17H15NO. The number of amides is 1. The molecule has 19 heavy (non-hydrogen) atoms. The number of fused-ring (bicyclic) bond motifs is 1. The highest BCUT2D eigenvalue weighted by molar-refractivity contribution is 5.99. The molecule has 2 heteroatoms. The molecule has 0 fully saturated rings. The molecule has 0 atom stereocenters. The number of benzene rings is 2. The lowest BCUT2D eigenvalue weighted by molar-refractivity contribution is 0.0946. The molecule has 0 aromatic heterocycles. The minimum atomic E-state index is 0.0159. The molecule has 1 heterocycles. The summed E-state index contributed by atoms with van der Waals surface area (Å²) >= 11 is 0. The summed E-state index contributed by atoms with van der Waals surface area (Å²) < 4.78 is 0. The van der Waals surface area contributed by atoms with Gasteiger partial charge in [0.25, 0.3) is 5.91 Å². The number of carbonyl (C=O) groups is 1. The molecule has 1 N–H and O–H groups in total. The second kappa shape index (κ2) is 4.73. The van der Waals surface area contributed by atoms with Crippen molar-refractivity contribution in [2.75, 3.05) is 6.54 Å². The van der Waals surface area contributed by atoms with Gasteiger partial charge in [-0.1, -0.05) is 43.0 Å². The molecule has 0 radical (unpaired) electrons. The van der Waals surface area contributed by atoms with E-state index >= 15 is 0 Å². The van der Waals surface area contributed by atoms with E-state index in [4.69, 9.17) is 0 Å². The summed E-state index contributed by atoms with van der Waals surface area (Å²) in [4.78, 5) is 12.0. The standard InChI is InChI=1S/C17H15NO/c1-2-12-10-15(13-6-4-3-5-7-13)14-8-9-18-17(19)16(14)11-12/h2-7,10-11H,1,8-9H2,(H,18,19). The second-order valence-corrected chi connectivity index (χ2v) is 4.67. The zero-order chi connectivity index (χ0) is 13.2. The van der Waals surface area contributed by atoms with Crippen molar-refractivity contribution in [2.45, 2.75) is 6.42 Å². The number of carbonyl (C=O) groups excluding carboxylic acids is 1. The third kappa shape index (κ3) is 2.06. The SMILES string of the molecule is C=Cc1cc2c(c(-c3ccccc3)c1)CCNC2=O. The van der Waals surface area contributed by atoms with E-state index in [2.05, 4.69) is 30.1 Å². The van der Waals surface area contributed by atoms with E-state index in [0.717, 1.165) is 34.2 Å². The van der Waals surface area contributed by atoms with Crippen LogP contribution >= 0.6 is 0 Å². The predicted molar refractivity (Wildman–Crippen MR) is 78.0 cm³/mol. The summed E-state index contributed by atoms with van der Waals surface area (Å²) in [5.41, 5.74) is 5.19. The summed E-state index contributed by atoms with van der Waals surface area (Å²) in [5.74, 6) is 0.0159. The fraction of sp³-hybridized carbons (Fsp3) is 0.118. The Morgan fingerprint density at radius 3 is 2.58 bits per heavy atom. The van der Waals surface area contributed by atoms with Crippen molar-refractivity contribution in [3.05, 3.63) is 65.7 Å². The van der Waals surface area contributed by atoms with Crippen LogP contribution in [0.15, 0.2) is 49.0 Å². The van der Waals surface area contributed by atoms with E-state index in [-0.39, 0.29) is 5.91 Å². The molecule has 0 saturated carbocycles. The van der Waals surface area contributed by atoms with Gasteiger partial charge < -0.3 is 5.32 Å². The first kappa shape index (κ1) is 11.7. The van der Waals surface area contributed by atoms with Gasteiger partial charge >= 0.3 is 0 Å². The van der Waals surface area contributed by atoms with Gasteiger partial charge in [0.05, 0.1) is 0 Å². The molecule has 0 spiro atoms. The van der Waals surface area contributed by atoms with Gasteiger partial charge in [-0.25, -0.2) is 0 Å². The third-order valence-corrected chi connectivity index (χ3v) is 3.50. The van der Waals surface area contributed by atoms with Crippen LogP contribution in [-0.2, 0) is 6.42 Å². The highest BCUT2D eigenvalue weighted by Gasteiger charge is 2.20. The van der Waals surface area contributed by atoms with Gasteiger partial charge in [0.15, 0.2) is 0 Å². The van der Waals surface area contributed by atoms with Gasteiger partial charge in [-0.05, 0) is 40.8 Å². The number of hydrogen-bond donors (Lipinski definition) is 1. The Labute approximate surface area is 112 Å². The average molecular weight is 249 g/mol. The van der Waals surface area contributed by atoms with Gasteiger partial charge in [0.1, 0.15) is 0 Å². The van der Waals surface area contributed by atoms with Crippen molar-refractivity contribution in [1.82, 2.24) is 5.32 Å².